The Morgan fingerprint density at radius 3 is 2.94 bits per heavy atom. The van der Waals surface area contributed by atoms with Gasteiger partial charge in [0, 0.05) is 23.9 Å². The lowest BCUT2D eigenvalue weighted by atomic mass is 10.2. The molecule has 1 aromatic carbocycles. The van der Waals surface area contributed by atoms with Crippen LogP contribution >= 0.6 is 11.6 Å². The van der Waals surface area contributed by atoms with E-state index in [9.17, 15) is 4.79 Å². The minimum absolute atomic E-state index is 0.0464. The first kappa shape index (κ1) is 12.8. The van der Waals surface area contributed by atoms with Gasteiger partial charge in [-0.1, -0.05) is 24.6 Å². The maximum absolute atomic E-state index is 11.4. The molecule has 0 spiro atoms. The average Bonchev–Trinajstić information content (AvgIpc) is 2.26. The van der Waals surface area contributed by atoms with Crippen molar-refractivity contribution in [2.45, 2.75) is 6.92 Å². The number of urea groups is 1. The van der Waals surface area contributed by atoms with Gasteiger partial charge in [-0.2, -0.15) is 0 Å². The van der Waals surface area contributed by atoms with Crippen molar-refractivity contribution < 1.29 is 9.90 Å². The number of anilines is 1. The Morgan fingerprint density at radius 1 is 1.56 bits per heavy atom. The third-order valence-electron chi connectivity index (χ3n) is 2.01. The van der Waals surface area contributed by atoms with Gasteiger partial charge < -0.3 is 15.7 Å². The molecule has 3 N–H and O–H groups in total. The van der Waals surface area contributed by atoms with Crippen molar-refractivity contribution in [3.8, 4) is 0 Å². The molecular formula is C11H15ClN2O2. The van der Waals surface area contributed by atoms with E-state index in [0.717, 1.165) is 0 Å². The normalized spacial score (nSPS) is 11.9. The van der Waals surface area contributed by atoms with Gasteiger partial charge in [-0.25, -0.2) is 4.79 Å². The molecule has 0 saturated heterocycles. The Kier molecular flexibility index (Phi) is 5.08. The van der Waals surface area contributed by atoms with Gasteiger partial charge in [0.1, 0.15) is 0 Å². The molecule has 0 aliphatic rings. The maximum Gasteiger partial charge on any atom is 0.319 e. The number of hydrogen-bond acceptors (Lipinski definition) is 2. The van der Waals surface area contributed by atoms with E-state index in [0.29, 0.717) is 17.3 Å². The van der Waals surface area contributed by atoms with Crippen molar-refractivity contribution in [1.29, 1.82) is 0 Å². The van der Waals surface area contributed by atoms with Crippen LogP contribution in [0.4, 0.5) is 10.5 Å². The predicted octanol–water partition coefficient (Wildman–Crippen LogP) is 2.09. The van der Waals surface area contributed by atoms with E-state index in [2.05, 4.69) is 10.6 Å². The lowest BCUT2D eigenvalue weighted by molar-refractivity contribution is 0.227. The molecule has 0 bridgehead atoms. The number of hydrogen-bond donors (Lipinski definition) is 3. The summed E-state index contributed by atoms with van der Waals surface area (Å²) in [5, 5.41) is 14.6. The smallest absolute Gasteiger partial charge is 0.319 e. The summed E-state index contributed by atoms with van der Waals surface area (Å²) in [6, 6.07) is 6.60. The number of carbonyl (C=O) groups excluding carboxylic acids is 1. The van der Waals surface area contributed by atoms with Crippen molar-refractivity contribution in [2.75, 3.05) is 18.5 Å². The lowest BCUT2D eigenvalue weighted by Crippen LogP contribution is -2.33. The molecule has 0 aliphatic carbocycles. The van der Waals surface area contributed by atoms with E-state index in [1.807, 2.05) is 6.92 Å². The number of benzene rings is 1. The molecule has 0 fully saturated rings. The largest absolute Gasteiger partial charge is 0.396 e. The van der Waals surface area contributed by atoms with E-state index >= 15 is 0 Å². The summed E-state index contributed by atoms with van der Waals surface area (Å²) in [4.78, 5) is 11.4. The quantitative estimate of drug-likeness (QED) is 0.757. The molecule has 1 aromatic rings. The van der Waals surface area contributed by atoms with Crippen LogP contribution in [-0.4, -0.2) is 24.3 Å². The van der Waals surface area contributed by atoms with Crippen LogP contribution in [0.25, 0.3) is 0 Å². The zero-order valence-corrected chi connectivity index (χ0v) is 9.79. The minimum Gasteiger partial charge on any atom is -0.396 e. The topological polar surface area (TPSA) is 61.4 Å². The third-order valence-corrected chi connectivity index (χ3v) is 2.24. The monoisotopic (exact) mass is 242 g/mol. The minimum atomic E-state index is -0.303. The SMILES string of the molecule is CC(CO)CNC(=O)Nc1cccc(Cl)c1. The number of aliphatic hydroxyl groups excluding tert-OH is 1. The molecule has 0 heterocycles. The summed E-state index contributed by atoms with van der Waals surface area (Å²) in [6.07, 6.45) is 0. The number of nitrogens with one attached hydrogen (secondary N) is 2. The lowest BCUT2D eigenvalue weighted by Gasteiger charge is -2.10. The molecule has 0 radical (unpaired) electrons. The summed E-state index contributed by atoms with van der Waals surface area (Å²) in [6.45, 7) is 2.33. The van der Waals surface area contributed by atoms with E-state index in [-0.39, 0.29) is 18.6 Å². The van der Waals surface area contributed by atoms with Crippen LogP contribution in [0, 0.1) is 5.92 Å². The van der Waals surface area contributed by atoms with E-state index in [1.165, 1.54) is 0 Å². The van der Waals surface area contributed by atoms with Crippen LogP contribution < -0.4 is 10.6 Å². The Morgan fingerprint density at radius 2 is 2.31 bits per heavy atom. The van der Waals surface area contributed by atoms with Crippen LogP contribution in [0.1, 0.15) is 6.92 Å². The van der Waals surface area contributed by atoms with Crippen LogP contribution in [0.3, 0.4) is 0 Å². The van der Waals surface area contributed by atoms with Gasteiger partial charge in [0.15, 0.2) is 0 Å². The number of amides is 2. The summed E-state index contributed by atoms with van der Waals surface area (Å²) in [7, 11) is 0. The van der Waals surface area contributed by atoms with Crippen LogP contribution in [0.15, 0.2) is 24.3 Å². The van der Waals surface area contributed by atoms with Crippen molar-refractivity contribution in [3.05, 3.63) is 29.3 Å². The molecular weight excluding hydrogens is 228 g/mol. The molecule has 1 rings (SSSR count). The molecule has 2 amide bonds. The second-order valence-corrected chi connectivity index (χ2v) is 4.07. The van der Waals surface area contributed by atoms with Crippen LogP contribution in [-0.2, 0) is 0 Å². The zero-order chi connectivity index (χ0) is 12.0. The molecule has 1 unspecified atom stereocenters. The summed E-state index contributed by atoms with van der Waals surface area (Å²) in [5.74, 6) is 0.0464. The van der Waals surface area contributed by atoms with Crippen molar-refractivity contribution in [3.63, 3.8) is 0 Å². The first-order valence-electron chi connectivity index (χ1n) is 5.03. The van der Waals surface area contributed by atoms with Gasteiger partial charge in [-0.05, 0) is 24.1 Å². The number of aliphatic hydroxyl groups is 1. The average molecular weight is 243 g/mol. The molecule has 0 aliphatic heterocycles. The highest BCUT2D eigenvalue weighted by atomic mass is 35.5. The zero-order valence-electron chi connectivity index (χ0n) is 9.03. The fraction of sp³-hybridized carbons (Fsp3) is 0.364. The number of halogens is 1. The van der Waals surface area contributed by atoms with Gasteiger partial charge in [-0.15, -0.1) is 0 Å². The fourth-order valence-corrected chi connectivity index (χ4v) is 1.26. The van der Waals surface area contributed by atoms with E-state index < -0.39 is 0 Å². The molecule has 16 heavy (non-hydrogen) atoms. The fourth-order valence-electron chi connectivity index (χ4n) is 1.07. The second kappa shape index (κ2) is 6.35. The molecule has 1 atom stereocenters. The molecule has 88 valence electrons. The van der Waals surface area contributed by atoms with Gasteiger partial charge in [-0.3, -0.25) is 0 Å². The number of rotatable bonds is 4. The standard InChI is InChI=1S/C11H15ClN2O2/c1-8(7-15)6-13-11(16)14-10-4-2-3-9(12)5-10/h2-5,8,15H,6-7H2,1H3,(H2,13,14,16). The second-order valence-electron chi connectivity index (χ2n) is 3.63. The van der Waals surface area contributed by atoms with Crippen molar-refractivity contribution >= 4 is 23.3 Å². The Bertz CT molecular complexity index is 358. The highest BCUT2D eigenvalue weighted by Gasteiger charge is 2.04. The molecule has 0 aromatic heterocycles. The summed E-state index contributed by atoms with van der Waals surface area (Å²) >= 11 is 5.77. The first-order chi connectivity index (χ1) is 7.61. The van der Waals surface area contributed by atoms with Gasteiger partial charge in [0.25, 0.3) is 0 Å². The summed E-state index contributed by atoms with van der Waals surface area (Å²) in [5.41, 5.74) is 0.640. The van der Waals surface area contributed by atoms with E-state index in [4.69, 9.17) is 16.7 Å². The van der Waals surface area contributed by atoms with E-state index in [1.54, 1.807) is 24.3 Å². The Hall–Kier alpha value is -1.26. The van der Waals surface area contributed by atoms with Crippen LogP contribution in [0.5, 0.6) is 0 Å². The molecule has 0 saturated carbocycles. The Labute approximate surface area is 99.6 Å². The third kappa shape index (κ3) is 4.51. The van der Waals surface area contributed by atoms with Crippen LogP contribution in [0.2, 0.25) is 5.02 Å². The summed E-state index contributed by atoms with van der Waals surface area (Å²) < 4.78 is 0. The Balaban J connectivity index is 2.40. The van der Waals surface area contributed by atoms with Gasteiger partial charge in [0.05, 0.1) is 0 Å². The molecule has 4 nitrogen and oxygen atoms in total. The highest BCUT2D eigenvalue weighted by molar-refractivity contribution is 6.30. The molecule has 5 heteroatoms. The maximum atomic E-state index is 11.4. The van der Waals surface area contributed by atoms with Crippen molar-refractivity contribution in [1.82, 2.24) is 5.32 Å². The van der Waals surface area contributed by atoms with Gasteiger partial charge >= 0.3 is 6.03 Å². The number of carbonyl (C=O) groups is 1. The highest BCUT2D eigenvalue weighted by Crippen LogP contribution is 2.14. The van der Waals surface area contributed by atoms with Gasteiger partial charge in [0.2, 0.25) is 0 Å². The first-order valence-corrected chi connectivity index (χ1v) is 5.41. The predicted molar refractivity (Wildman–Crippen MR) is 64.7 cm³/mol. The van der Waals surface area contributed by atoms with Crippen molar-refractivity contribution in [2.24, 2.45) is 5.92 Å².